The SMILES string of the molecule is COC(=O)c1n[nH]c2ccc(NC(=O)COc3ccccc3OC)cc12. The number of hydrogen-bond donors (Lipinski definition) is 2. The number of methoxy groups -OCH3 is 2. The van der Waals surface area contributed by atoms with Gasteiger partial charge in [0.25, 0.3) is 5.91 Å². The van der Waals surface area contributed by atoms with Crippen molar-refractivity contribution in [3.8, 4) is 11.5 Å². The van der Waals surface area contributed by atoms with E-state index in [1.165, 1.54) is 14.2 Å². The lowest BCUT2D eigenvalue weighted by Gasteiger charge is -2.10. The van der Waals surface area contributed by atoms with Gasteiger partial charge in [-0.3, -0.25) is 9.89 Å². The maximum atomic E-state index is 12.1. The van der Waals surface area contributed by atoms with Gasteiger partial charge in [-0.15, -0.1) is 0 Å². The van der Waals surface area contributed by atoms with E-state index in [1.54, 1.807) is 36.4 Å². The van der Waals surface area contributed by atoms with Crippen LogP contribution in [-0.4, -0.2) is 42.9 Å². The quantitative estimate of drug-likeness (QED) is 0.658. The Balaban J connectivity index is 1.70. The fourth-order valence-corrected chi connectivity index (χ4v) is 2.42. The van der Waals surface area contributed by atoms with E-state index in [9.17, 15) is 9.59 Å². The van der Waals surface area contributed by atoms with Crippen molar-refractivity contribution in [2.24, 2.45) is 0 Å². The van der Waals surface area contributed by atoms with E-state index >= 15 is 0 Å². The highest BCUT2D eigenvalue weighted by Gasteiger charge is 2.15. The summed E-state index contributed by atoms with van der Waals surface area (Å²) in [6.45, 7) is -0.187. The number of aromatic amines is 1. The maximum Gasteiger partial charge on any atom is 0.359 e. The molecule has 0 atom stereocenters. The molecule has 8 nitrogen and oxygen atoms in total. The molecule has 8 heteroatoms. The Labute approximate surface area is 149 Å². The van der Waals surface area contributed by atoms with E-state index in [4.69, 9.17) is 14.2 Å². The van der Waals surface area contributed by atoms with Gasteiger partial charge in [-0.25, -0.2) is 4.79 Å². The first kappa shape index (κ1) is 17.3. The smallest absolute Gasteiger partial charge is 0.359 e. The molecular weight excluding hydrogens is 338 g/mol. The number of nitrogens with one attached hydrogen (secondary N) is 2. The summed E-state index contributed by atoms with van der Waals surface area (Å²) in [5.41, 5.74) is 1.33. The lowest BCUT2D eigenvalue weighted by molar-refractivity contribution is -0.118. The van der Waals surface area contributed by atoms with Crippen LogP contribution in [0.3, 0.4) is 0 Å². The van der Waals surface area contributed by atoms with Gasteiger partial charge < -0.3 is 19.5 Å². The summed E-state index contributed by atoms with van der Waals surface area (Å²) in [5, 5.41) is 9.94. The van der Waals surface area contributed by atoms with Crippen LogP contribution < -0.4 is 14.8 Å². The predicted octanol–water partition coefficient (Wildman–Crippen LogP) is 2.38. The number of ether oxygens (including phenoxy) is 3. The third kappa shape index (κ3) is 3.59. The maximum absolute atomic E-state index is 12.1. The number of nitrogens with zero attached hydrogens (tertiary/aromatic N) is 1. The Bertz CT molecular complexity index is 951. The van der Waals surface area contributed by atoms with Crippen molar-refractivity contribution in [1.29, 1.82) is 0 Å². The molecule has 2 N–H and O–H groups in total. The first-order valence-corrected chi connectivity index (χ1v) is 7.74. The molecule has 0 aliphatic heterocycles. The monoisotopic (exact) mass is 355 g/mol. The average molecular weight is 355 g/mol. The number of amides is 1. The number of esters is 1. The molecule has 0 bridgehead atoms. The highest BCUT2D eigenvalue weighted by atomic mass is 16.5. The first-order chi connectivity index (χ1) is 12.6. The molecule has 3 aromatic rings. The molecule has 0 unspecified atom stereocenters. The van der Waals surface area contributed by atoms with Crippen molar-refractivity contribution in [3.05, 3.63) is 48.2 Å². The Hall–Kier alpha value is -3.55. The lowest BCUT2D eigenvalue weighted by Crippen LogP contribution is -2.20. The molecule has 2 aromatic carbocycles. The number of fused-ring (bicyclic) bond motifs is 1. The second-order valence-electron chi connectivity index (χ2n) is 5.31. The topological polar surface area (TPSA) is 103 Å². The first-order valence-electron chi connectivity index (χ1n) is 7.74. The van der Waals surface area contributed by atoms with Crippen LogP contribution in [0.15, 0.2) is 42.5 Å². The molecule has 0 saturated carbocycles. The number of carbonyl (C=O) groups is 2. The van der Waals surface area contributed by atoms with Crippen molar-refractivity contribution in [1.82, 2.24) is 10.2 Å². The second kappa shape index (κ2) is 7.56. The summed E-state index contributed by atoms with van der Waals surface area (Å²) in [5.74, 6) is 0.115. The Kier molecular flexibility index (Phi) is 5.02. The van der Waals surface area contributed by atoms with Crippen molar-refractivity contribution >= 4 is 28.5 Å². The molecule has 0 fully saturated rings. The zero-order valence-electron chi connectivity index (χ0n) is 14.2. The van der Waals surface area contributed by atoms with E-state index < -0.39 is 5.97 Å². The Morgan fingerprint density at radius 2 is 1.88 bits per heavy atom. The number of rotatable bonds is 6. The van der Waals surface area contributed by atoms with Crippen LogP contribution in [0.2, 0.25) is 0 Å². The van der Waals surface area contributed by atoms with E-state index in [1.807, 2.05) is 6.07 Å². The average Bonchev–Trinajstić information content (AvgIpc) is 3.09. The van der Waals surface area contributed by atoms with Crippen LogP contribution in [0.4, 0.5) is 5.69 Å². The number of aromatic nitrogens is 2. The fourth-order valence-electron chi connectivity index (χ4n) is 2.42. The lowest BCUT2D eigenvalue weighted by atomic mass is 10.2. The van der Waals surface area contributed by atoms with Gasteiger partial charge in [0.2, 0.25) is 0 Å². The molecule has 1 amide bonds. The van der Waals surface area contributed by atoms with Gasteiger partial charge in [0, 0.05) is 11.1 Å². The molecule has 0 spiro atoms. The normalized spacial score (nSPS) is 10.4. The molecule has 0 aliphatic rings. The molecule has 0 radical (unpaired) electrons. The number of benzene rings is 2. The van der Waals surface area contributed by atoms with Crippen LogP contribution in [-0.2, 0) is 9.53 Å². The molecule has 1 heterocycles. The molecule has 3 rings (SSSR count). The minimum absolute atomic E-state index is 0.156. The number of carbonyl (C=O) groups excluding carboxylic acids is 2. The molecule has 0 aliphatic carbocycles. The molecular formula is C18H17N3O5. The number of hydrogen-bond acceptors (Lipinski definition) is 6. The van der Waals surface area contributed by atoms with E-state index in [2.05, 4.69) is 15.5 Å². The van der Waals surface area contributed by atoms with E-state index in [0.717, 1.165) is 0 Å². The number of para-hydroxylation sites is 2. The van der Waals surface area contributed by atoms with Crippen molar-refractivity contribution in [3.63, 3.8) is 0 Å². The van der Waals surface area contributed by atoms with E-state index in [-0.39, 0.29) is 18.2 Å². The van der Waals surface area contributed by atoms with E-state index in [0.29, 0.717) is 28.1 Å². The fraction of sp³-hybridized carbons (Fsp3) is 0.167. The highest BCUT2D eigenvalue weighted by Crippen LogP contribution is 2.26. The summed E-state index contributed by atoms with van der Waals surface area (Å²) in [4.78, 5) is 23.9. The van der Waals surface area contributed by atoms with Gasteiger partial charge in [0.05, 0.1) is 19.7 Å². The minimum Gasteiger partial charge on any atom is -0.493 e. The third-order valence-electron chi connectivity index (χ3n) is 3.65. The Morgan fingerprint density at radius 3 is 2.62 bits per heavy atom. The van der Waals surface area contributed by atoms with Crippen molar-refractivity contribution in [2.45, 2.75) is 0 Å². The van der Waals surface area contributed by atoms with Crippen LogP contribution in [0.1, 0.15) is 10.5 Å². The summed E-state index contributed by atoms with van der Waals surface area (Å²) in [6, 6.07) is 12.1. The van der Waals surface area contributed by atoms with Crippen molar-refractivity contribution in [2.75, 3.05) is 26.1 Å². The van der Waals surface area contributed by atoms with Gasteiger partial charge >= 0.3 is 5.97 Å². The zero-order valence-corrected chi connectivity index (χ0v) is 14.2. The van der Waals surface area contributed by atoms with Crippen LogP contribution in [0.5, 0.6) is 11.5 Å². The van der Waals surface area contributed by atoms with Crippen molar-refractivity contribution < 1.29 is 23.8 Å². The van der Waals surface area contributed by atoms with Gasteiger partial charge in [-0.05, 0) is 30.3 Å². The molecule has 1 aromatic heterocycles. The summed E-state index contributed by atoms with van der Waals surface area (Å²) in [7, 11) is 2.81. The van der Waals surface area contributed by atoms with Gasteiger partial charge in [0.15, 0.2) is 23.8 Å². The molecule has 134 valence electrons. The van der Waals surface area contributed by atoms with Gasteiger partial charge in [-0.2, -0.15) is 5.10 Å². The standard InChI is InChI=1S/C18H17N3O5/c1-24-14-5-3-4-6-15(14)26-10-16(22)19-11-7-8-13-12(9-11)17(21-20-13)18(23)25-2/h3-9H,10H2,1-2H3,(H,19,22)(H,20,21). The highest BCUT2D eigenvalue weighted by molar-refractivity contribution is 6.04. The minimum atomic E-state index is -0.556. The molecule has 0 saturated heterocycles. The summed E-state index contributed by atoms with van der Waals surface area (Å²) in [6.07, 6.45) is 0. The van der Waals surface area contributed by atoms with Crippen LogP contribution in [0, 0.1) is 0 Å². The predicted molar refractivity (Wildman–Crippen MR) is 94.6 cm³/mol. The van der Waals surface area contributed by atoms with Gasteiger partial charge in [0.1, 0.15) is 0 Å². The Morgan fingerprint density at radius 1 is 1.12 bits per heavy atom. The van der Waals surface area contributed by atoms with Crippen LogP contribution in [0.25, 0.3) is 10.9 Å². The van der Waals surface area contributed by atoms with Gasteiger partial charge in [-0.1, -0.05) is 12.1 Å². The van der Waals surface area contributed by atoms with Crippen LogP contribution >= 0.6 is 0 Å². The summed E-state index contributed by atoms with van der Waals surface area (Å²) < 4.78 is 15.3. The number of anilines is 1. The third-order valence-corrected chi connectivity index (χ3v) is 3.65. The molecule has 26 heavy (non-hydrogen) atoms. The largest absolute Gasteiger partial charge is 0.493 e. The summed E-state index contributed by atoms with van der Waals surface area (Å²) >= 11 is 0. The number of H-pyrrole nitrogens is 1. The zero-order chi connectivity index (χ0) is 18.5. The second-order valence-corrected chi connectivity index (χ2v) is 5.31.